The van der Waals surface area contributed by atoms with Crippen molar-refractivity contribution in [2.45, 2.75) is 33.2 Å². The van der Waals surface area contributed by atoms with Crippen molar-refractivity contribution in [3.05, 3.63) is 71.8 Å². The van der Waals surface area contributed by atoms with Crippen LogP contribution in [0.1, 0.15) is 37.0 Å². The molecule has 0 aliphatic rings. The van der Waals surface area contributed by atoms with Crippen LogP contribution in [0, 0.1) is 6.92 Å². The first-order valence-corrected chi connectivity index (χ1v) is 9.68. The SMILES string of the molecule is Cc1onc(-c2ccccc2)c1-c1nnc(CN(C)c2cccc(C(C)C)c2)o1. The highest BCUT2D eigenvalue weighted by molar-refractivity contribution is 5.77. The fourth-order valence-corrected chi connectivity index (χ4v) is 3.25. The third kappa shape index (κ3) is 3.92. The van der Waals surface area contributed by atoms with E-state index in [2.05, 4.69) is 58.4 Å². The second-order valence-corrected chi connectivity index (χ2v) is 7.44. The van der Waals surface area contributed by atoms with E-state index >= 15 is 0 Å². The molecule has 2 heterocycles. The third-order valence-electron chi connectivity index (χ3n) is 4.94. The molecule has 2 aromatic carbocycles. The first-order valence-electron chi connectivity index (χ1n) is 9.68. The van der Waals surface area contributed by atoms with E-state index in [1.165, 1.54) is 5.56 Å². The summed E-state index contributed by atoms with van der Waals surface area (Å²) in [6.07, 6.45) is 0. The van der Waals surface area contributed by atoms with Crippen LogP contribution in [0.25, 0.3) is 22.7 Å². The van der Waals surface area contributed by atoms with Gasteiger partial charge in [-0.3, -0.25) is 0 Å². The van der Waals surface area contributed by atoms with E-state index in [9.17, 15) is 0 Å². The number of benzene rings is 2. The van der Waals surface area contributed by atoms with Crippen LogP contribution in [0.4, 0.5) is 5.69 Å². The molecular formula is C23H24N4O2. The minimum Gasteiger partial charge on any atom is -0.419 e. The van der Waals surface area contributed by atoms with Crippen LogP contribution in [-0.4, -0.2) is 22.4 Å². The number of nitrogens with zero attached hydrogens (tertiary/aromatic N) is 4. The Bertz CT molecular complexity index is 1100. The Balaban J connectivity index is 1.59. The molecule has 0 aliphatic carbocycles. The van der Waals surface area contributed by atoms with Crippen molar-refractivity contribution in [1.82, 2.24) is 15.4 Å². The van der Waals surface area contributed by atoms with Gasteiger partial charge in [-0.2, -0.15) is 0 Å². The summed E-state index contributed by atoms with van der Waals surface area (Å²) < 4.78 is 11.4. The van der Waals surface area contributed by atoms with Gasteiger partial charge >= 0.3 is 0 Å². The average Bonchev–Trinajstić information content (AvgIpc) is 3.34. The maximum Gasteiger partial charge on any atom is 0.253 e. The second-order valence-electron chi connectivity index (χ2n) is 7.44. The molecule has 148 valence electrons. The molecule has 0 saturated carbocycles. The van der Waals surface area contributed by atoms with Crippen molar-refractivity contribution in [3.8, 4) is 22.7 Å². The van der Waals surface area contributed by atoms with Crippen LogP contribution in [0.15, 0.2) is 63.5 Å². The summed E-state index contributed by atoms with van der Waals surface area (Å²) >= 11 is 0. The molecule has 0 N–H and O–H groups in total. The van der Waals surface area contributed by atoms with Crippen molar-refractivity contribution >= 4 is 5.69 Å². The molecule has 4 rings (SSSR count). The lowest BCUT2D eigenvalue weighted by molar-refractivity contribution is 0.399. The van der Waals surface area contributed by atoms with Crippen LogP contribution in [-0.2, 0) is 6.54 Å². The smallest absolute Gasteiger partial charge is 0.253 e. The zero-order valence-corrected chi connectivity index (χ0v) is 17.1. The molecule has 0 fully saturated rings. The van der Waals surface area contributed by atoms with E-state index < -0.39 is 0 Å². The van der Waals surface area contributed by atoms with E-state index in [0.717, 1.165) is 16.8 Å². The molecule has 6 heteroatoms. The lowest BCUT2D eigenvalue weighted by Gasteiger charge is -2.18. The molecule has 0 spiro atoms. The van der Waals surface area contributed by atoms with Crippen LogP contribution in [0.3, 0.4) is 0 Å². The molecule has 0 amide bonds. The van der Waals surface area contributed by atoms with Gasteiger partial charge in [-0.15, -0.1) is 10.2 Å². The van der Waals surface area contributed by atoms with Gasteiger partial charge in [0.1, 0.15) is 17.0 Å². The maximum atomic E-state index is 5.98. The molecule has 4 aromatic rings. The van der Waals surface area contributed by atoms with E-state index in [4.69, 9.17) is 8.94 Å². The summed E-state index contributed by atoms with van der Waals surface area (Å²) in [5.41, 5.74) is 4.80. The Kier molecular flexibility index (Phi) is 5.16. The van der Waals surface area contributed by atoms with Crippen molar-refractivity contribution in [3.63, 3.8) is 0 Å². The van der Waals surface area contributed by atoms with E-state index in [1.807, 2.05) is 44.3 Å². The zero-order chi connectivity index (χ0) is 20.4. The van der Waals surface area contributed by atoms with Gasteiger partial charge in [0.2, 0.25) is 5.89 Å². The molecule has 0 aliphatic heterocycles. The summed E-state index contributed by atoms with van der Waals surface area (Å²) in [6, 6.07) is 18.3. The number of anilines is 1. The Morgan fingerprint density at radius 3 is 2.55 bits per heavy atom. The fraction of sp³-hybridized carbons (Fsp3) is 0.261. The second kappa shape index (κ2) is 7.91. The minimum atomic E-state index is 0.418. The molecule has 0 atom stereocenters. The maximum absolute atomic E-state index is 5.98. The quantitative estimate of drug-likeness (QED) is 0.437. The van der Waals surface area contributed by atoms with Crippen molar-refractivity contribution in [2.24, 2.45) is 0 Å². The molecular weight excluding hydrogens is 364 g/mol. The first kappa shape index (κ1) is 18.9. The van der Waals surface area contributed by atoms with Crippen LogP contribution < -0.4 is 4.90 Å². The largest absolute Gasteiger partial charge is 0.419 e. The Hall–Kier alpha value is -3.41. The molecule has 0 radical (unpaired) electrons. The normalized spacial score (nSPS) is 11.2. The number of hydrogen-bond donors (Lipinski definition) is 0. The van der Waals surface area contributed by atoms with Gasteiger partial charge in [-0.25, -0.2) is 0 Å². The standard InChI is InChI=1S/C23H24N4O2/c1-15(2)18-11-8-12-19(13-18)27(4)14-20-24-25-23(28-20)21-16(3)29-26-22(21)17-9-6-5-7-10-17/h5-13,15H,14H2,1-4H3. The van der Waals surface area contributed by atoms with Crippen LogP contribution >= 0.6 is 0 Å². The highest BCUT2D eigenvalue weighted by Crippen LogP contribution is 2.33. The van der Waals surface area contributed by atoms with E-state index in [1.54, 1.807) is 0 Å². The molecule has 0 bridgehead atoms. The molecule has 29 heavy (non-hydrogen) atoms. The zero-order valence-electron chi connectivity index (χ0n) is 17.1. The van der Waals surface area contributed by atoms with Gasteiger partial charge in [-0.05, 0) is 30.5 Å². The van der Waals surface area contributed by atoms with Gasteiger partial charge < -0.3 is 13.8 Å². The van der Waals surface area contributed by atoms with Crippen molar-refractivity contribution in [1.29, 1.82) is 0 Å². The van der Waals surface area contributed by atoms with Gasteiger partial charge in [-0.1, -0.05) is 61.5 Å². The lowest BCUT2D eigenvalue weighted by Crippen LogP contribution is -2.16. The van der Waals surface area contributed by atoms with E-state index in [-0.39, 0.29) is 0 Å². The Morgan fingerprint density at radius 1 is 1.00 bits per heavy atom. The number of rotatable bonds is 6. The molecule has 6 nitrogen and oxygen atoms in total. The van der Waals surface area contributed by atoms with Gasteiger partial charge in [0.25, 0.3) is 5.89 Å². The topological polar surface area (TPSA) is 68.2 Å². The number of aryl methyl sites for hydroxylation is 1. The van der Waals surface area contributed by atoms with Crippen LogP contribution in [0.5, 0.6) is 0 Å². The Morgan fingerprint density at radius 2 is 1.79 bits per heavy atom. The monoisotopic (exact) mass is 388 g/mol. The third-order valence-corrected chi connectivity index (χ3v) is 4.94. The molecule has 2 aromatic heterocycles. The highest BCUT2D eigenvalue weighted by Gasteiger charge is 2.22. The van der Waals surface area contributed by atoms with Gasteiger partial charge in [0.05, 0.1) is 6.54 Å². The van der Waals surface area contributed by atoms with Gasteiger partial charge in [0, 0.05) is 18.3 Å². The van der Waals surface area contributed by atoms with Crippen LogP contribution in [0.2, 0.25) is 0 Å². The fourth-order valence-electron chi connectivity index (χ4n) is 3.25. The highest BCUT2D eigenvalue weighted by atomic mass is 16.5. The summed E-state index contributed by atoms with van der Waals surface area (Å²) in [4.78, 5) is 2.10. The first-order chi connectivity index (χ1) is 14.0. The number of hydrogen-bond acceptors (Lipinski definition) is 6. The number of aromatic nitrogens is 3. The van der Waals surface area contributed by atoms with Gasteiger partial charge in [0.15, 0.2) is 0 Å². The van der Waals surface area contributed by atoms with E-state index in [0.29, 0.717) is 35.7 Å². The molecule has 0 saturated heterocycles. The average molecular weight is 388 g/mol. The summed E-state index contributed by atoms with van der Waals surface area (Å²) in [5, 5.41) is 12.7. The van der Waals surface area contributed by atoms with Crippen molar-refractivity contribution < 1.29 is 8.94 Å². The van der Waals surface area contributed by atoms with Crippen molar-refractivity contribution in [2.75, 3.05) is 11.9 Å². The lowest BCUT2D eigenvalue weighted by atomic mass is 10.0. The molecule has 0 unspecified atom stereocenters. The summed E-state index contributed by atoms with van der Waals surface area (Å²) in [6.45, 7) is 6.74. The minimum absolute atomic E-state index is 0.418. The summed E-state index contributed by atoms with van der Waals surface area (Å²) in [7, 11) is 2.02. The Labute approximate surface area is 170 Å². The predicted octanol–water partition coefficient (Wildman–Crippen LogP) is 5.46. The predicted molar refractivity (Wildman–Crippen MR) is 113 cm³/mol. The summed E-state index contributed by atoms with van der Waals surface area (Å²) in [5.74, 6) is 2.09.